The Kier molecular flexibility index (Phi) is 4.70. The average Bonchev–Trinajstić information content (AvgIpc) is 2.95. The molecule has 1 saturated heterocycles. The number of amides is 2. The summed E-state index contributed by atoms with van der Waals surface area (Å²) in [5.41, 5.74) is 1.12. The molecule has 3 N–H and O–H groups in total. The molecule has 0 saturated carbocycles. The molecule has 0 radical (unpaired) electrons. The summed E-state index contributed by atoms with van der Waals surface area (Å²) in [6.45, 7) is 0.944. The molecule has 2 amide bonds. The molecule has 6 heteroatoms. The van der Waals surface area contributed by atoms with E-state index < -0.39 is 0 Å². The van der Waals surface area contributed by atoms with Crippen LogP contribution < -0.4 is 16.0 Å². The summed E-state index contributed by atoms with van der Waals surface area (Å²) in [7, 11) is 3.38. The van der Waals surface area contributed by atoms with Gasteiger partial charge in [-0.05, 0) is 25.2 Å². The van der Waals surface area contributed by atoms with Crippen molar-refractivity contribution in [3.05, 3.63) is 29.8 Å². The van der Waals surface area contributed by atoms with Crippen LogP contribution in [-0.2, 0) is 9.53 Å². The lowest BCUT2D eigenvalue weighted by molar-refractivity contribution is -0.120. The SMILES string of the molecule is CNC(=O)c1cccc(NC(=O)C2COCC2NC)c1. The number of carbonyl (C=O) groups excluding carboxylic acids is 2. The third-order valence-electron chi connectivity index (χ3n) is 3.41. The summed E-state index contributed by atoms with van der Waals surface area (Å²) >= 11 is 0. The molecule has 1 aliphatic rings. The van der Waals surface area contributed by atoms with E-state index in [9.17, 15) is 9.59 Å². The van der Waals surface area contributed by atoms with Gasteiger partial charge in [-0.15, -0.1) is 0 Å². The van der Waals surface area contributed by atoms with Gasteiger partial charge in [0.1, 0.15) is 0 Å². The summed E-state index contributed by atoms with van der Waals surface area (Å²) < 4.78 is 5.31. The van der Waals surface area contributed by atoms with Gasteiger partial charge in [0, 0.05) is 24.3 Å². The van der Waals surface area contributed by atoms with E-state index in [1.807, 2.05) is 7.05 Å². The van der Waals surface area contributed by atoms with Crippen molar-refractivity contribution in [1.29, 1.82) is 0 Å². The highest BCUT2D eigenvalue weighted by Gasteiger charge is 2.32. The van der Waals surface area contributed by atoms with Crippen LogP contribution in [0.1, 0.15) is 10.4 Å². The van der Waals surface area contributed by atoms with E-state index in [0.717, 1.165) is 0 Å². The van der Waals surface area contributed by atoms with Gasteiger partial charge >= 0.3 is 0 Å². The summed E-state index contributed by atoms with van der Waals surface area (Å²) in [4.78, 5) is 23.8. The highest BCUT2D eigenvalue weighted by molar-refractivity contribution is 5.97. The Morgan fingerprint density at radius 1 is 1.25 bits per heavy atom. The predicted octanol–water partition coefficient (Wildman–Crippen LogP) is 0.219. The van der Waals surface area contributed by atoms with Crippen LogP contribution in [0.5, 0.6) is 0 Å². The lowest BCUT2D eigenvalue weighted by Gasteiger charge is -2.16. The zero-order valence-corrected chi connectivity index (χ0v) is 11.6. The number of nitrogens with one attached hydrogen (secondary N) is 3. The van der Waals surface area contributed by atoms with E-state index >= 15 is 0 Å². The topological polar surface area (TPSA) is 79.5 Å². The molecule has 1 aromatic rings. The third kappa shape index (κ3) is 3.15. The number of carbonyl (C=O) groups is 2. The van der Waals surface area contributed by atoms with E-state index in [0.29, 0.717) is 24.5 Å². The number of hydrogen-bond donors (Lipinski definition) is 3. The monoisotopic (exact) mass is 277 g/mol. The number of hydrogen-bond acceptors (Lipinski definition) is 4. The van der Waals surface area contributed by atoms with Crippen LogP contribution in [-0.4, -0.2) is 45.2 Å². The third-order valence-corrected chi connectivity index (χ3v) is 3.41. The molecule has 0 spiro atoms. The molecule has 0 bridgehead atoms. The quantitative estimate of drug-likeness (QED) is 0.735. The molecular weight excluding hydrogens is 258 g/mol. The number of likely N-dealkylation sites (N-methyl/N-ethyl adjacent to an activating group) is 1. The number of benzene rings is 1. The van der Waals surface area contributed by atoms with E-state index in [4.69, 9.17) is 4.74 Å². The minimum absolute atomic E-state index is 0.0251. The normalized spacial score (nSPS) is 21.5. The van der Waals surface area contributed by atoms with E-state index in [1.165, 1.54) is 0 Å². The van der Waals surface area contributed by atoms with Gasteiger partial charge in [0.2, 0.25) is 5.91 Å². The standard InChI is InChI=1S/C14H19N3O3/c1-15-12-8-20-7-11(12)14(19)17-10-5-3-4-9(6-10)13(18)16-2/h3-6,11-12,15H,7-8H2,1-2H3,(H,16,18)(H,17,19). The van der Waals surface area contributed by atoms with Gasteiger partial charge < -0.3 is 20.7 Å². The molecule has 2 unspecified atom stereocenters. The first-order valence-electron chi connectivity index (χ1n) is 6.53. The highest BCUT2D eigenvalue weighted by atomic mass is 16.5. The lowest BCUT2D eigenvalue weighted by atomic mass is 10.0. The Bertz CT molecular complexity index is 504. The second-order valence-corrected chi connectivity index (χ2v) is 4.69. The van der Waals surface area contributed by atoms with E-state index in [-0.39, 0.29) is 23.8 Å². The Labute approximate surface area is 117 Å². The first-order valence-corrected chi connectivity index (χ1v) is 6.53. The second-order valence-electron chi connectivity index (χ2n) is 4.69. The fourth-order valence-electron chi connectivity index (χ4n) is 2.21. The molecule has 2 rings (SSSR count). The van der Waals surface area contributed by atoms with Gasteiger partial charge in [-0.1, -0.05) is 6.07 Å². The van der Waals surface area contributed by atoms with Crippen LogP contribution in [0.4, 0.5) is 5.69 Å². The van der Waals surface area contributed by atoms with Crippen molar-refractivity contribution in [2.75, 3.05) is 32.6 Å². The zero-order valence-electron chi connectivity index (χ0n) is 11.6. The van der Waals surface area contributed by atoms with E-state index in [2.05, 4.69) is 16.0 Å². The van der Waals surface area contributed by atoms with Crippen molar-refractivity contribution in [3.63, 3.8) is 0 Å². The van der Waals surface area contributed by atoms with Gasteiger partial charge in [-0.3, -0.25) is 9.59 Å². The van der Waals surface area contributed by atoms with Crippen molar-refractivity contribution >= 4 is 17.5 Å². The molecule has 6 nitrogen and oxygen atoms in total. The fraction of sp³-hybridized carbons (Fsp3) is 0.429. The fourth-order valence-corrected chi connectivity index (χ4v) is 2.21. The van der Waals surface area contributed by atoms with Crippen LogP contribution in [0.2, 0.25) is 0 Å². The minimum atomic E-state index is -0.219. The first-order chi connectivity index (χ1) is 9.65. The van der Waals surface area contributed by atoms with Crippen LogP contribution in [0, 0.1) is 5.92 Å². The van der Waals surface area contributed by atoms with Crippen LogP contribution >= 0.6 is 0 Å². The largest absolute Gasteiger partial charge is 0.379 e. The Hall–Kier alpha value is -1.92. The van der Waals surface area contributed by atoms with Gasteiger partial charge in [-0.2, -0.15) is 0 Å². The Morgan fingerprint density at radius 2 is 2.05 bits per heavy atom. The van der Waals surface area contributed by atoms with Crippen LogP contribution in [0.3, 0.4) is 0 Å². The van der Waals surface area contributed by atoms with E-state index in [1.54, 1.807) is 31.3 Å². The molecule has 2 atom stereocenters. The molecule has 1 fully saturated rings. The van der Waals surface area contributed by atoms with Crippen LogP contribution in [0.25, 0.3) is 0 Å². The summed E-state index contributed by atoms with van der Waals surface area (Å²) in [5.74, 6) is -0.502. The lowest BCUT2D eigenvalue weighted by Crippen LogP contribution is -2.39. The molecular formula is C14H19N3O3. The molecule has 0 aromatic heterocycles. The molecule has 1 aliphatic heterocycles. The average molecular weight is 277 g/mol. The first kappa shape index (κ1) is 14.5. The van der Waals surface area contributed by atoms with Gasteiger partial charge in [-0.25, -0.2) is 0 Å². The second kappa shape index (κ2) is 6.49. The summed E-state index contributed by atoms with van der Waals surface area (Å²) in [6, 6.07) is 6.87. The highest BCUT2D eigenvalue weighted by Crippen LogP contribution is 2.17. The molecule has 20 heavy (non-hydrogen) atoms. The van der Waals surface area contributed by atoms with Gasteiger partial charge in [0.05, 0.1) is 19.1 Å². The molecule has 1 heterocycles. The predicted molar refractivity (Wildman–Crippen MR) is 75.6 cm³/mol. The number of rotatable bonds is 4. The molecule has 108 valence electrons. The van der Waals surface area contributed by atoms with Crippen molar-refractivity contribution in [2.45, 2.75) is 6.04 Å². The van der Waals surface area contributed by atoms with Gasteiger partial charge in [0.15, 0.2) is 0 Å². The zero-order chi connectivity index (χ0) is 14.5. The summed E-state index contributed by atoms with van der Waals surface area (Å²) in [5, 5.41) is 8.45. The minimum Gasteiger partial charge on any atom is -0.379 e. The smallest absolute Gasteiger partial charge is 0.251 e. The van der Waals surface area contributed by atoms with Crippen molar-refractivity contribution in [1.82, 2.24) is 10.6 Å². The van der Waals surface area contributed by atoms with Gasteiger partial charge in [0.25, 0.3) is 5.91 Å². The maximum absolute atomic E-state index is 12.2. The molecule has 0 aliphatic carbocycles. The van der Waals surface area contributed by atoms with Crippen molar-refractivity contribution in [2.24, 2.45) is 5.92 Å². The number of ether oxygens (including phenoxy) is 1. The molecule has 1 aromatic carbocycles. The maximum atomic E-state index is 12.2. The Morgan fingerprint density at radius 3 is 2.75 bits per heavy atom. The van der Waals surface area contributed by atoms with Crippen molar-refractivity contribution < 1.29 is 14.3 Å². The summed E-state index contributed by atoms with van der Waals surface area (Å²) in [6.07, 6.45) is 0. The maximum Gasteiger partial charge on any atom is 0.251 e. The number of anilines is 1. The van der Waals surface area contributed by atoms with Crippen LogP contribution in [0.15, 0.2) is 24.3 Å². The Balaban J connectivity index is 2.06. The van der Waals surface area contributed by atoms with Crippen molar-refractivity contribution in [3.8, 4) is 0 Å².